The van der Waals surface area contributed by atoms with Crippen molar-refractivity contribution in [2.45, 2.75) is 5.33 Å². The molecule has 0 aliphatic carbocycles. The van der Waals surface area contributed by atoms with Gasteiger partial charge in [-0.15, -0.1) is 0 Å². The van der Waals surface area contributed by atoms with Gasteiger partial charge in [0.15, 0.2) is 0 Å². The first kappa shape index (κ1) is 11.8. The highest BCUT2D eigenvalue weighted by molar-refractivity contribution is 9.08. The van der Waals surface area contributed by atoms with Crippen LogP contribution in [-0.2, 0) is 5.33 Å². The minimum absolute atomic E-state index is 0.390. The van der Waals surface area contributed by atoms with Gasteiger partial charge in [-0.05, 0) is 23.8 Å². The fraction of sp³-hybridized carbons (Fsp3) is 0.0769. The minimum atomic E-state index is -0.390. The van der Waals surface area contributed by atoms with Gasteiger partial charge in [-0.2, -0.15) is 0 Å². The first-order chi connectivity index (χ1) is 8.31. The molecular weight excluding hydrogens is 282 g/mol. The number of ether oxygens (including phenoxy) is 1. The van der Waals surface area contributed by atoms with E-state index in [1.54, 1.807) is 24.4 Å². The molecule has 1 heterocycles. The number of hydrogen-bond donors (Lipinski definition) is 0. The molecule has 3 nitrogen and oxygen atoms in total. The van der Waals surface area contributed by atoms with E-state index in [-0.39, 0.29) is 0 Å². The molecule has 86 valence electrons. The number of para-hydroxylation sites is 1. The predicted octanol–water partition coefficient (Wildman–Crippen LogP) is 3.20. The maximum Gasteiger partial charge on any atom is 0.345 e. The summed E-state index contributed by atoms with van der Waals surface area (Å²) in [6.45, 7) is 0. The summed E-state index contributed by atoms with van der Waals surface area (Å²) in [7, 11) is 0. The van der Waals surface area contributed by atoms with Crippen LogP contribution in [0.15, 0.2) is 48.8 Å². The Hall–Kier alpha value is -1.68. The van der Waals surface area contributed by atoms with E-state index in [9.17, 15) is 4.79 Å². The molecule has 1 aromatic heterocycles. The highest BCUT2D eigenvalue weighted by Crippen LogP contribution is 2.15. The van der Waals surface area contributed by atoms with Crippen LogP contribution in [0.3, 0.4) is 0 Å². The molecule has 0 saturated carbocycles. The van der Waals surface area contributed by atoms with Crippen molar-refractivity contribution in [3.05, 3.63) is 59.9 Å². The van der Waals surface area contributed by atoms with Crippen molar-refractivity contribution < 1.29 is 9.53 Å². The second kappa shape index (κ2) is 5.59. The van der Waals surface area contributed by atoms with Gasteiger partial charge in [0.25, 0.3) is 0 Å². The lowest BCUT2D eigenvalue weighted by atomic mass is 10.2. The van der Waals surface area contributed by atoms with Crippen molar-refractivity contribution >= 4 is 21.9 Å². The molecule has 2 aromatic rings. The summed E-state index contributed by atoms with van der Waals surface area (Å²) < 4.78 is 5.24. The predicted molar refractivity (Wildman–Crippen MR) is 68.3 cm³/mol. The number of nitrogens with zero attached hydrogens (tertiary/aromatic N) is 1. The van der Waals surface area contributed by atoms with Crippen molar-refractivity contribution in [3.63, 3.8) is 0 Å². The quantitative estimate of drug-likeness (QED) is 0.495. The SMILES string of the molecule is O=C(Oc1ccccc1)c1cnccc1CBr. The van der Waals surface area contributed by atoms with Crippen LogP contribution in [-0.4, -0.2) is 11.0 Å². The zero-order valence-corrected chi connectivity index (χ0v) is 10.6. The Labute approximate surface area is 108 Å². The molecule has 17 heavy (non-hydrogen) atoms. The molecule has 0 fully saturated rings. The Morgan fingerprint density at radius 2 is 2.00 bits per heavy atom. The Morgan fingerprint density at radius 3 is 2.71 bits per heavy atom. The van der Waals surface area contributed by atoms with E-state index >= 15 is 0 Å². The third kappa shape index (κ3) is 2.91. The van der Waals surface area contributed by atoms with E-state index < -0.39 is 5.97 Å². The van der Waals surface area contributed by atoms with Gasteiger partial charge in [0.05, 0.1) is 5.56 Å². The molecule has 0 amide bonds. The molecule has 0 N–H and O–H groups in total. The Kier molecular flexibility index (Phi) is 3.88. The number of esters is 1. The lowest BCUT2D eigenvalue weighted by molar-refractivity contribution is 0.0733. The number of rotatable bonds is 3. The fourth-order valence-electron chi connectivity index (χ4n) is 1.37. The largest absolute Gasteiger partial charge is 0.423 e. The summed E-state index contributed by atoms with van der Waals surface area (Å²) in [4.78, 5) is 15.8. The number of pyridine rings is 1. The summed E-state index contributed by atoms with van der Waals surface area (Å²) in [5, 5.41) is 0.592. The maximum atomic E-state index is 11.9. The van der Waals surface area contributed by atoms with Gasteiger partial charge in [-0.1, -0.05) is 34.1 Å². The van der Waals surface area contributed by atoms with Crippen LogP contribution in [0.25, 0.3) is 0 Å². The van der Waals surface area contributed by atoms with Crippen LogP contribution >= 0.6 is 15.9 Å². The van der Waals surface area contributed by atoms with Crippen molar-refractivity contribution in [2.24, 2.45) is 0 Å². The zero-order chi connectivity index (χ0) is 12.1. The van der Waals surface area contributed by atoms with Crippen LogP contribution in [0, 0.1) is 0 Å². The number of aromatic nitrogens is 1. The summed E-state index contributed by atoms with van der Waals surface area (Å²) in [5.74, 6) is 0.139. The third-order valence-electron chi connectivity index (χ3n) is 2.23. The molecule has 0 spiro atoms. The van der Waals surface area contributed by atoms with E-state index in [0.717, 1.165) is 5.56 Å². The van der Waals surface area contributed by atoms with Gasteiger partial charge in [-0.25, -0.2) is 4.79 Å². The highest BCUT2D eigenvalue weighted by atomic mass is 79.9. The van der Waals surface area contributed by atoms with Crippen molar-refractivity contribution in [1.29, 1.82) is 0 Å². The smallest absolute Gasteiger partial charge is 0.345 e. The average Bonchev–Trinajstić information content (AvgIpc) is 2.40. The van der Waals surface area contributed by atoms with Gasteiger partial charge >= 0.3 is 5.97 Å². The molecular formula is C13H10BrNO2. The second-order valence-corrected chi connectivity index (χ2v) is 3.93. The van der Waals surface area contributed by atoms with Gasteiger partial charge in [0, 0.05) is 17.7 Å². The van der Waals surface area contributed by atoms with E-state index in [1.807, 2.05) is 18.2 Å². The Balaban J connectivity index is 2.20. The van der Waals surface area contributed by atoms with E-state index in [0.29, 0.717) is 16.6 Å². The number of halogens is 1. The van der Waals surface area contributed by atoms with Crippen molar-refractivity contribution in [1.82, 2.24) is 4.98 Å². The van der Waals surface area contributed by atoms with E-state index in [2.05, 4.69) is 20.9 Å². The fourth-order valence-corrected chi connectivity index (χ4v) is 1.86. The summed E-state index contributed by atoms with van der Waals surface area (Å²) in [5.41, 5.74) is 1.34. The molecule has 0 aliphatic rings. The van der Waals surface area contributed by atoms with Crippen LogP contribution < -0.4 is 4.74 Å². The van der Waals surface area contributed by atoms with Crippen molar-refractivity contribution in [3.8, 4) is 5.75 Å². The van der Waals surface area contributed by atoms with Gasteiger partial charge in [0.1, 0.15) is 5.75 Å². The second-order valence-electron chi connectivity index (χ2n) is 3.37. The number of carbonyl (C=O) groups excluding carboxylic acids is 1. The molecule has 0 bridgehead atoms. The summed E-state index contributed by atoms with van der Waals surface area (Å²) >= 11 is 3.33. The van der Waals surface area contributed by atoms with E-state index in [1.165, 1.54) is 6.20 Å². The lowest BCUT2D eigenvalue weighted by Crippen LogP contribution is -2.11. The van der Waals surface area contributed by atoms with Crippen LogP contribution in [0.1, 0.15) is 15.9 Å². The molecule has 1 aromatic carbocycles. The standard InChI is InChI=1S/C13H10BrNO2/c14-8-10-6-7-15-9-12(10)13(16)17-11-4-2-1-3-5-11/h1-7,9H,8H2. The van der Waals surface area contributed by atoms with Crippen LogP contribution in [0.2, 0.25) is 0 Å². The van der Waals surface area contributed by atoms with Gasteiger partial charge < -0.3 is 4.74 Å². The minimum Gasteiger partial charge on any atom is -0.423 e. The monoisotopic (exact) mass is 291 g/mol. The molecule has 0 aliphatic heterocycles. The molecule has 2 rings (SSSR count). The first-order valence-corrected chi connectivity index (χ1v) is 6.19. The molecule has 0 radical (unpaired) electrons. The number of carbonyl (C=O) groups is 1. The normalized spacial score (nSPS) is 9.94. The maximum absolute atomic E-state index is 11.9. The van der Waals surface area contributed by atoms with Gasteiger partial charge in [-0.3, -0.25) is 4.98 Å². The number of hydrogen-bond acceptors (Lipinski definition) is 3. The van der Waals surface area contributed by atoms with Crippen LogP contribution in [0.5, 0.6) is 5.75 Å². The van der Waals surface area contributed by atoms with Crippen molar-refractivity contribution in [2.75, 3.05) is 0 Å². The molecule has 0 atom stereocenters. The van der Waals surface area contributed by atoms with Crippen LogP contribution in [0.4, 0.5) is 0 Å². The topological polar surface area (TPSA) is 39.2 Å². The molecule has 4 heteroatoms. The lowest BCUT2D eigenvalue weighted by Gasteiger charge is -2.06. The average molecular weight is 292 g/mol. The number of alkyl halides is 1. The third-order valence-corrected chi connectivity index (χ3v) is 2.83. The summed E-state index contributed by atoms with van der Waals surface area (Å²) in [6, 6.07) is 10.8. The van der Waals surface area contributed by atoms with Gasteiger partial charge in [0.2, 0.25) is 0 Å². The first-order valence-electron chi connectivity index (χ1n) is 5.07. The molecule has 0 saturated heterocycles. The summed E-state index contributed by atoms with van der Waals surface area (Å²) in [6.07, 6.45) is 3.16. The Bertz CT molecular complexity index is 514. The van der Waals surface area contributed by atoms with E-state index in [4.69, 9.17) is 4.74 Å². The highest BCUT2D eigenvalue weighted by Gasteiger charge is 2.12. The zero-order valence-electron chi connectivity index (χ0n) is 8.97. The Morgan fingerprint density at radius 1 is 1.24 bits per heavy atom. The number of benzene rings is 1. The molecule has 0 unspecified atom stereocenters.